The Balaban J connectivity index is 2.49. The number of rotatable bonds is 6. The van der Waals surface area contributed by atoms with Crippen molar-refractivity contribution in [3.63, 3.8) is 0 Å². The molecule has 1 N–H and O–H groups in total. The van der Waals surface area contributed by atoms with E-state index in [1.54, 1.807) is 7.05 Å². The van der Waals surface area contributed by atoms with Gasteiger partial charge in [0.2, 0.25) is 5.91 Å². The fraction of sp³-hybridized carbons (Fsp3) is 0.500. The van der Waals surface area contributed by atoms with Gasteiger partial charge in [-0.15, -0.1) is 0 Å². The number of carbonyl (C=O) groups is 1. The Morgan fingerprint density at radius 2 is 2.05 bits per heavy atom. The number of halogens is 2. The zero-order chi connectivity index (χ0) is 14.4. The lowest BCUT2D eigenvalue weighted by atomic mass is 10.2. The van der Waals surface area contributed by atoms with Gasteiger partial charge in [-0.05, 0) is 6.07 Å². The molecular weight excluding hydrogens is 250 g/mol. The second-order valence-corrected chi connectivity index (χ2v) is 4.84. The normalized spacial score (nSPS) is 10.8. The number of hydrogen-bond donors (Lipinski definition) is 1. The summed E-state index contributed by atoms with van der Waals surface area (Å²) in [7, 11) is 1.61. The highest BCUT2D eigenvalue weighted by atomic mass is 19.1. The largest absolute Gasteiger partial charge is 0.341 e. The molecule has 0 saturated carbocycles. The van der Waals surface area contributed by atoms with Crippen LogP contribution in [0.2, 0.25) is 0 Å². The third-order valence-electron chi connectivity index (χ3n) is 2.74. The molecule has 0 unspecified atom stereocenters. The van der Waals surface area contributed by atoms with E-state index >= 15 is 0 Å². The van der Waals surface area contributed by atoms with Crippen molar-refractivity contribution in [1.29, 1.82) is 0 Å². The number of hydrogen-bond acceptors (Lipinski definition) is 2. The Morgan fingerprint density at radius 3 is 2.63 bits per heavy atom. The van der Waals surface area contributed by atoms with Gasteiger partial charge in [-0.25, -0.2) is 8.78 Å². The van der Waals surface area contributed by atoms with Gasteiger partial charge in [-0.3, -0.25) is 4.79 Å². The summed E-state index contributed by atoms with van der Waals surface area (Å²) in [6.45, 7) is 4.74. The lowest BCUT2D eigenvalue weighted by Crippen LogP contribution is -2.31. The van der Waals surface area contributed by atoms with Crippen molar-refractivity contribution in [3.05, 3.63) is 35.4 Å². The predicted molar refractivity (Wildman–Crippen MR) is 70.6 cm³/mol. The zero-order valence-electron chi connectivity index (χ0n) is 11.5. The molecule has 0 atom stereocenters. The first-order valence-electron chi connectivity index (χ1n) is 6.31. The average Bonchev–Trinajstić information content (AvgIpc) is 2.32. The molecule has 1 aromatic rings. The smallest absolute Gasteiger partial charge is 0.223 e. The van der Waals surface area contributed by atoms with E-state index in [9.17, 15) is 13.6 Å². The van der Waals surface area contributed by atoms with E-state index in [1.807, 2.05) is 13.8 Å². The predicted octanol–water partition coefficient (Wildman–Crippen LogP) is 2.31. The van der Waals surface area contributed by atoms with Crippen LogP contribution < -0.4 is 5.32 Å². The van der Waals surface area contributed by atoms with Crippen LogP contribution in [0, 0.1) is 11.6 Å². The monoisotopic (exact) mass is 270 g/mol. The molecule has 0 spiro atoms. The number of nitrogens with one attached hydrogen (secondary N) is 1. The summed E-state index contributed by atoms with van der Waals surface area (Å²) in [6.07, 6.45) is 0.359. The molecule has 0 aliphatic carbocycles. The summed E-state index contributed by atoms with van der Waals surface area (Å²) in [5.74, 6) is -1.31. The van der Waals surface area contributed by atoms with Crippen molar-refractivity contribution in [3.8, 4) is 0 Å². The molecular formula is C14H20F2N2O. The fourth-order valence-corrected chi connectivity index (χ4v) is 1.65. The Bertz CT molecular complexity index is 435. The van der Waals surface area contributed by atoms with Gasteiger partial charge in [0, 0.05) is 44.2 Å². The minimum absolute atomic E-state index is 0.0723. The molecule has 0 aliphatic heterocycles. The van der Waals surface area contributed by atoms with Crippen molar-refractivity contribution in [1.82, 2.24) is 10.2 Å². The zero-order valence-corrected chi connectivity index (χ0v) is 11.5. The third kappa shape index (κ3) is 5.34. The lowest BCUT2D eigenvalue weighted by molar-refractivity contribution is -0.130. The summed E-state index contributed by atoms with van der Waals surface area (Å²) < 4.78 is 26.2. The van der Waals surface area contributed by atoms with Crippen LogP contribution in [0.5, 0.6) is 0 Å². The Hall–Kier alpha value is -1.49. The summed E-state index contributed by atoms with van der Waals surface area (Å²) in [6, 6.07) is 3.71. The fourth-order valence-electron chi connectivity index (χ4n) is 1.65. The van der Waals surface area contributed by atoms with Crippen molar-refractivity contribution < 1.29 is 13.6 Å². The molecule has 1 rings (SSSR count). The van der Waals surface area contributed by atoms with Crippen molar-refractivity contribution in [2.24, 2.45) is 0 Å². The topological polar surface area (TPSA) is 32.3 Å². The summed E-state index contributed by atoms with van der Waals surface area (Å²) in [5, 5.41) is 3.14. The Morgan fingerprint density at radius 1 is 1.37 bits per heavy atom. The van der Waals surface area contributed by atoms with E-state index < -0.39 is 11.6 Å². The molecule has 5 heteroatoms. The van der Waals surface area contributed by atoms with Gasteiger partial charge in [-0.2, -0.15) is 0 Å². The number of amides is 1. The van der Waals surface area contributed by atoms with Crippen LogP contribution >= 0.6 is 0 Å². The first-order chi connectivity index (χ1) is 8.90. The van der Waals surface area contributed by atoms with Crippen LogP contribution in [-0.2, 0) is 11.3 Å². The summed E-state index contributed by atoms with van der Waals surface area (Å²) >= 11 is 0. The number of benzene rings is 1. The maximum absolute atomic E-state index is 13.4. The lowest BCUT2D eigenvalue weighted by Gasteiger charge is -2.18. The van der Waals surface area contributed by atoms with E-state index in [1.165, 1.54) is 17.0 Å². The second kappa shape index (κ2) is 7.19. The van der Waals surface area contributed by atoms with Crippen LogP contribution in [0.25, 0.3) is 0 Å². The van der Waals surface area contributed by atoms with E-state index in [2.05, 4.69) is 5.32 Å². The second-order valence-electron chi connectivity index (χ2n) is 4.84. The Labute approximate surface area is 112 Å². The SMILES string of the molecule is CC(C)NCCC(=O)N(C)Cc1ccc(F)cc1F. The van der Waals surface area contributed by atoms with Crippen molar-refractivity contribution in [2.75, 3.05) is 13.6 Å². The van der Waals surface area contributed by atoms with Gasteiger partial charge in [0.05, 0.1) is 0 Å². The van der Waals surface area contributed by atoms with Crippen LogP contribution in [0.3, 0.4) is 0 Å². The highest BCUT2D eigenvalue weighted by Crippen LogP contribution is 2.11. The number of carbonyl (C=O) groups excluding carboxylic acids is 1. The van der Waals surface area contributed by atoms with Gasteiger partial charge in [0.1, 0.15) is 11.6 Å². The summed E-state index contributed by atoms with van der Waals surface area (Å²) in [4.78, 5) is 13.2. The molecule has 0 heterocycles. The molecule has 1 amide bonds. The molecule has 19 heavy (non-hydrogen) atoms. The maximum Gasteiger partial charge on any atom is 0.223 e. The van der Waals surface area contributed by atoms with Crippen molar-refractivity contribution in [2.45, 2.75) is 32.9 Å². The Kier molecular flexibility index (Phi) is 5.89. The number of nitrogens with zero attached hydrogens (tertiary/aromatic N) is 1. The van der Waals surface area contributed by atoms with Gasteiger partial charge in [-0.1, -0.05) is 19.9 Å². The minimum atomic E-state index is -0.625. The molecule has 1 aromatic carbocycles. The summed E-state index contributed by atoms with van der Waals surface area (Å²) in [5.41, 5.74) is 0.314. The van der Waals surface area contributed by atoms with Gasteiger partial charge < -0.3 is 10.2 Å². The van der Waals surface area contributed by atoms with Crippen LogP contribution in [0.15, 0.2) is 18.2 Å². The first-order valence-corrected chi connectivity index (χ1v) is 6.31. The average molecular weight is 270 g/mol. The quantitative estimate of drug-likeness (QED) is 0.860. The van der Waals surface area contributed by atoms with Gasteiger partial charge in [0.15, 0.2) is 0 Å². The van der Waals surface area contributed by atoms with Crippen molar-refractivity contribution >= 4 is 5.91 Å². The minimum Gasteiger partial charge on any atom is -0.341 e. The third-order valence-corrected chi connectivity index (χ3v) is 2.74. The molecule has 0 fully saturated rings. The van der Waals surface area contributed by atoms with Crippen LogP contribution in [0.4, 0.5) is 8.78 Å². The van der Waals surface area contributed by atoms with E-state index in [0.29, 0.717) is 24.6 Å². The molecule has 3 nitrogen and oxygen atoms in total. The molecule has 0 bridgehead atoms. The van der Waals surface area contributed by atoms with Crippen LogP contribution in [0.1, 0.15) is 25.8 Å². The van der Waals surface area contributed by atoms with E-state index in [0.717, 1.165) is 6.07 Å². The molecule has 0 aromatic heterocycles. The first kappa shape index (κ1) is 15.6. The van der Waals surface area contributed by atoms with Gasteiger partial charge >= 0.3 is 0 Å². The highest BCUT2D eigenvalue weighted by molar-refractivity contribution is 5.76. The standard InChI is InChI=1S/C14H20F2N2O/c1-10(2)17-7-6-14(19)18(3)9-11-4-5-12(15)8-13(11)16/h4-5,8,10,17H,6-7,9H2,1-3H3. The molecule has 0 aliphatic rings. The van der Waals surface area contributed by atoms with Gasteiger partial charge in [0.25, 0.3) is 0 Å². The highest BCUT2D eigenvalue weighted by Gasteiger charge is 2.12. The molecule has 106 valence electrons. The van der Waals surface area contributed by atoms with E-state index in [-0.39, 0.29) is 12.5 Å². The van der Waals surface area contributed by atoms with Crippen LogP contribution in [-0.4, -0.2) is 30.4 Å². The van der Waals surface area contributed by atoms with E-state index in [4.69, 9.17) is 0 Å². The molecule has 0 saturated heterocycles. The molecule has 0 radical (unpaired) electrons. The maximum atomic E-state index is 13.4.